The van der Waals surface area contributed by atoms with Gasteiger partial charge >= 0.3 is 0 Å². The fourth-order valence-corrected chi connectivity index (χ4v) is 4.12. The van der Waals surface area contributed by atoms with Gasteiger partial charge in [-0.15, -0.1) is 0 Å². The van der Waals surface area contributed by atoms with Crippen molar-refractivity contribution < 1.29 is 4.79 Å². The molecule has 6 nitrogen and oxygen atoms in total. The zero-order valence-electron chi connectivity index (χ0n) is 19.6. The molecule has 6 heteroatoms. The van der Waals surface area contributed by atoms with E-state index in [1.165, 1.54) is 5.56 Å². The number of hydrogen-bond acceptors (Lipinski definition) is 3. The Morgan fingerprint density at radius 2 is 1.87 bits per heavy atom. The van der Waals surface area contributed by atoms with Crippen molar-refractivity contribution in [2.45, 2.75) is 84.0 Å². The van der Waals surface area contributed by atoms with Crippen LogP contribution >= 0.6 is 0 Å². The molecule has 0 radical (unpaired) electrons. The summed E-state index contributed by atoms with van der Waals surface area (Å²) in [6.45, 7) is 11.3. The lowest BCUT2D eigenvalue weighted by molar-refractivity contribution is -0.126. The van der Waals surface area contributed by atoms with Gasteiger partial charge in [0, 0.05) is 43.2 Å². The lowest BCUT2D eigenvalue weighted by atomic mass is 9.85. The maximum atomic E-state index is 12.4. The average Bonchev–Trinajstić information content (AvgIpc) is 2.71. The number of benzene rings is 1. The van der Waals surface area contributed by atoms with E-state index in [1.807, 2.05) is 19.9 Å². The molecular formula is C24H41N5O. The van der Waals surface area contributed by atoms with Crippen LogP contribution in [0.3, 0.4) is 0 Å². The van der Waals surface area contributed by atoms with Crippen LogP contribution in [-0.2, 0) is 4.79 Å². The minimum Gasteiger partial charge on any atom is -0.355 e. The Labute approximate surface area is 182 Å². The Hall–Kier alpha value is -2.08. The van der Waals surface area contributed by atoms with Crippen LogP contribution in [0, 0.1) is 5.92 Å². The van der Waals surface area contributed by atoms with E-state index in [1.54, 1.807) is 7.05 Å². The average molecular weight is 416 g/mol. The molecule has 0 bridgehead atoms. The summed E-state index contributed by atoms with van der Waals surface area (Å²) in [4.78, 5) is 16.8. The third-order valence-corrected chi connectivity index (χ3v) is 5.64. The third-order valence-electron chi connectivity index (χ3n) is 5.64. The topological polar surface area (TPSA) is 77.6 Å². The Bertz CT molecular complexity index is 686. The molecule has 3 unspecified atom stereocenters. The van der Waals surface area contributed by atoms with E-state index in [0.717, 1.165) is 38.2 Å². The maximum Gasteiger partial charge on any atom is 0.223 e. The van der Waals surface area contributed by atoms with Gasteiger partial charge in [-0.1, -0.05) is 36.8 Å². The van der Waals surface area contributed by atoms with Crippen molar-refractivity contribution >= 4 is 11.9 Å². The van der Waals surface area contributed by atoms with Gasteiger partial charge < -0.3 is 21.3 Å². The normalized spacial score (nSPS) is 21.2. The van der Waals surface area contributed by atoms with E-state index in [4.69, 9.17) is 0 Å². The van der Waals surface area contributed by atoms with Crippen LogP contribution in [0.2, 0.25) is 0 Å². The molecule has 1 aromatic rings. The van der Waals surface area contributed by atoms with Crippen LogP contribution in [0.4, 0.5) is 0 Å². The summed E-state index contributed by atoms with van der Waals surface area (Å²) in [7, 11) is 1.80. The van der Waals surface area contributed by atoms with Gasteiger partial charge in [-0.05, 0) is 59.4 Å². The monoisotopic (exact) mass is 415 g/mol. The molecule has 3 atom stereocenters. The van der Waals surface area contributed by atoms with Gasteiger partial charge in [-0.3, -0.25) is 9.79 Å². The lowest BCUT2D eigenvalue weighted by Gasteiger charge is -2.33. The van der Waals surface area contributed by atoms with Crippen molar-refractivity contribution in [3.05, 3.63) is 35.9 Å². The van der Waals surface area contributed by atoms with Crippen LogP contribution in [0.15, 0.2) is 35.3 Å². The Morgan fingerprint density at radius 1 is 1.17 bits per heavy atom. The first-order valence-corrected chi connectivity index (χ1v) is 11.3. The second-order valence-electron chi connectivity index (χ2n) is 9.45. The molecule has 2 rings (SSSR count). The highest BCUT2D eigenvalue weighted by Crippen LogP contribution is 2.24. The second-order valence-corrected chi connectivity index (χ2v) is 9.45. The molecule has 1 saturated carbocycles. The summed E-state index contributed by atoms with van der Waals surface area (Å²) in [6.07, 6.45) is 3.95. The predicted octanol–water partition coefficient (Wildman–Crippen LogP) is 3.36. The van der Waals surface area contributed by atoms with Gasteiger partial charge in [-0.25, -0.2) is 0 Å². The molecule has 30 heavy (non-hydrogen) atoms. The summed E-state index contributed by atoms with van der Waals surface area (Å²) >= 11 is 0. The van der Waals surface area contributed by atoms with Crippen molar-refractivity contribution in [3.63, 3.8) is 0 Å². The van der Waals surface area contributed by atoms with E-state index < -0.39 is 0 Å². The largest absolute Gasteiger partial charge is 0.355 e. The van der Waals surface area contributed by atoms with E-state index in [0.29, 0.717) is 0 Å². The maximum absolute atomic E-state index is 12.4. The molecule has 0 saturated heterocycles. The molecular weight excluding hydrogens is 374 g/mol. The molecule has 0 aliphatic heterocycles. The number of nitrogens with one attached hydrogen (secondary N) is 4. The molecule has 1 amide bonds. The smallest absolute Gasteiger partial charge is 0.223 e. The van der Waals surface area contributed by atoms with E-state index in [2.05, 4.69) is 71.3 Å². The SMILES string of the molecule is CN=C(NCC(C)(C)NC(C)c1ccccc1)NC1CCCC(C(=O)NC(C)C)C1. The van der Waals surface area contributed by atoms with Gasteiger partial charge in [-0.2, -0.15) is 0 Å². The number of amides is 1. The van der Waals surface area contributed by atoms with Gasteiger partial charge in [0.25, 0.3) is 0 Å². The standard InChI is InChI=1S/C24H41N5O/c1-17(2)27-22(30)20-13-10-14-21(15-20)28-23(25-6)26-16-24(4,5)29-18(3)19-11-8-7-9-12-19/h7-9,11-12,17-18,20-21,29H,10,13-16H2,1-6H3,(H,27,30)(H2,25,26,28). The van der Waals surface area contributed by atoms with E-state index >= 15 is 0 Å². The zero-order valence-corrected chi connectivity index (χ0v) is 19.6. The van der Waals surface area contributed by atoms with Crippen molar-refractivity contribution in [3.8, 4) is 0 Å². The number of nitrogens with zero attached hydrogens (tertiary/aromatic N) is 1. The minimum absolute atomic E-state index is 0.0848. The molecule has 0 aromatic heterocycles. The molecule has 0 heterocycles. The van der Waals surface area contributed by atoms with E-state index in [-0.39, 0.29) is 35.5 Å². The molecule has 1 aliphatic rings. The van der Waals surface area contributed by atoms with Crippen molar-refractivity contribution in [1.82, 2.24) is 21.3 Å². The number of hydrogen-bond donors (Lipinski definition) is 4. The lowest BCUT2D eigenvalue weighted by Crippen LogP contribution is -2.54. The quantitative estimate of drug-likeness (QED) is 0.388. The molecule has 1 aromatic carbocycles. The van der Waals surface area contributed by atoms with Crippen LogP contribution in [-0.4, -0.2) is 43.1 Å². The van der Waals surface area contributed by atoms with Gasteiger partial charge in [0.2, 0.25) is 5.91 Å². The van der Waals surface area contributed by atoms with Crippen molar-refractivity contribution in [2.75, 3.05) is 13.6 Å². The summed E-state index contributed by atoms with van der Waals surface area (Å²) < 4.78 is 0. The number of aliphatic imine (C=N–C) groups is 1. The Balaban J connectivity index is 1.84. The fraction of sp³-hybridized carbons (Fsp3) is 0.667. The molecule has 1 fully saturated rings. The van der Waals surface area contributed by atoms with Crippen LogP contribution in [0.1, 0.15) is 71.9 Å². The van der Waals surface area contributed by atoms with Gasteiger partial charge in [0.15, 0.2) is 5.96 Å². The van der Waals surface area contributed by atoms with Gasteiger partial charge in [0.1, 0.15) is 0 Å². The first kappa shape index (κ1) is 24.2. The minimum atomic E-state index is -0.112. The summed E-state index contributed by atoms with van der Waals surface area (Å²) in [6, 6.07) is 11.2. The fourth-order valence-electron chi connectivity index (χ4n) is 4.12. The number of guanidine groups is 1. The summed E-state index contributed by atoms with van der Waals surface area (Å²) in [5.74, 6) is 1.06. The van der Waals surface area contributed by atoms with Crippen LogP contribution < -0.4 is 21.3 Å². The van der Waals surface area contributed by atoms with Crippen molar-refractivity contribution in [2.24, 2.45) is 10.9 Å². The second kappa shape index (κ2) is 11.3. The Kier molecular flexibility index (Phi) is 9.15. The number of carbonyl (C=O) groups excluding carboxylic acids is 1. The Morgan fingerprint density at radius 3 is 2.50 bits per heavy atom. The first-order chi connectivity index (χ1) is 14.2. The molecule has 0 spiro atoms. The predicted molar refractivity (Wildman–Crippen MR) is 126 cm³/mol. The molecule has 168 valence electrons. The summed E-state index contributed by atoms with van der Waals surface area (Å²) in [5.41, 5.74) is 1.17. The molecule has 1 aliphatic carbocycles. The third kappa shape index (κ3) is 7.98. The zero-order chi connectivity index (χ0) is 22.1. The van der Waals surface area contributed by atoms with Crippen molar-refractivity contribution in [1.29, 1.82) is 0 Å². The van der Waals surface area contributed by atoms with Gasteiger partial charge in [0.05, 0.1) is 0 Å². The number of rotatable bonds is 8. The highest BCUT2D eigenvalue weighted by atomic mass is 16.1. The molecule has 4 N–H and O–H groups in total. The van der Waals surface area contributed by atoms with Crippen LogP contribution in [0.5, 0.6) is 0 Å². The highest BCUT2D eigenvalue weighted by molar-refractivity contribution is 5.81. The number of carbonyl (C=O) groups is 1. The van der Waals surface area contributed by atoms with Crippen LogP contribution in [0.25, 0.3) is 0 Å². The first-order valence-electron chi connectivity index (χ1n) is 11.3. The summed E-state index contributed by atoms with van der Waals surface area (Å²) in [5, 5.41) is 13.8. The van der Waals surface area contributed by atoms with E-state index in [9.17, 15) is 4.79 Å². The highest BCUT2D eigenvalue weighted by Gasteiger charge is 2.28.